The van der Waals surface area contributed by atoms with Crippen molar-refractivity contribution >= 4 is 18.4 Å². The molecule has 3 heteroatoms. The van der Waals surface area contributed by atoms with Crippen molar-refractivity contribution in [1.82, 2.24) is 5.32 Å². The second-order valence-electron chi connectivity index (χ2n) is 7.03. The average molecular weight is 330 g/mol. The number of ketones is 1. The van der Waals surface area contributed by atoms with Gasteiger partial charge in [-0.25, -0.2) is 0 Å². The molecule has 0 aliphatic heterocycles. The average Bonchev–Trinajstić information content (AvgIpc) is 2.49. The van der Waals surface area contributed by atoms with Gasteiger partial charge in [-0.1, -0.05) is 71.6 Å². The van der Waals surface area contributed by atoms with Crippen LogP contribution in [0.3, 0.4) is 0 Å². The molecule has 22 heavy (non-hydrogen) atoms. The molecule has 0 aliphatic carbocycles. The summed E-state index contributed by atoms with van der Waals surface area (Å²) in [7, 11) is 0. The van der Waals surface area contributed by atoms with Gasteiger partial charge in [0.1, 0.15) is 5.78 Å². The lowest BCUT2D eigenvalue weighted by atomic mass is 9.87. The highest BCUT2D eigenvalue weighted by Gasteiger charge is 2.27. The number of rotatable bonds is 15. The number of hydrogen-bond donors (Lipinski definition) is 2. The minimum atomic E-state index is -0.102. The van der Waals surface area contributed by atoms with Crippen LogP contribution >= 0.6 is 12.6 Å². The fourth-order valence-corrected chi connectivity index (χ4v) is 3.37. The normalized spacial score (nSPS) is 15.5. The van der Waals surface area contributed by atoms with Crippen molar-refractivity contribution in [2.75, 3.05) is 5.75 Å². The van der Waals surface area contributed by atoms with Crippen LogP contribution in [0.15, 0.2) is 0 Å². The molecule has 0 rings (SSSR count). The molecule has 0 radical (unpaired) electrons. The van der Waals surface area contributed by atoms with Crippen molar-refractivity contribution < 1.29 is 4.79 Å². The van der Waals surface area contributed by atoms with Crippen LogP contribution in [0.4, 0.5) is 0 Å². The molecule has 0 fully saturated rings. The zero-order chi connectivity index (χ0) is 16.8. The van der Waals surface area contributed by atoms with Crippen molar-refractivity contribution in [3.05, 3.63) is 0 Å². The van der Waals surface area contributed by atoms with Crippen LogP contribution in [-0.2, 0) is 4.79 Å². The van der Waals surface area contributed by atoms with Crippen molar-refractivity contribution in [3.8, 4) is 0 Å². The molecule has 0 heterocycles. The van der Waals surface area contributed by atoms with Crippen molar-refractivity contribution in [3.63, 3.8) is 0 Å². The topological polar surface area (TPSA) is 29.1 Å². The molecular weight excluding hydrogens is 290 g/mol. The first-order chi connectivity index (χ1) is 10.5. The van der Waals surface area contributed by atoms with E-state index in [0.29, 0.717) is 5.75 Å². The van der Waals surface area contributed by atoms with Crippen LogP contribution in [0.1, 0.15) is 98.3 Å². The van der Waals surface area contributed by atoms with E-state index in [1.165, 1.54) is 70.6 Å². The molecule has 0 aromatic carbocycles. The Kier molecular flexibility index (Phi) is 13.4. The summed E-state index contributed by atoms with van der Waals surface area (Å²) >= 11 is 4.35. The van der Waals surface area contributed by atoms with Gasteiger partial charge in [0, 0.05) is 11.3 Å². The maximum atomic E-state index is 11.7. The Hall–Kier alpha value is -0.0200. The number of nitrogens with one attached hydrogen (secondary N) is 1. The van der Waals surface area contributed by atoms with Gasteiger partial charge in [-0.05, 0) is 26.7 Å². The minimum Gasteiger partial charge on any atom is -0.302 e. The standard InChI is InChI=1S/C19H39NOS/c1-5-7-9-11-13-15-19(4,14-12-10-8-6-2)20-18(16-22)17(3)21/h18,20,22H,5-16H2,1-4H3. The number of carbonyl (C=O) groups excluding carboxylic acids is 1. The van der Waals surface area contributed by atoms with Crippen LogP contribution in [-0.4, -0.2) is 23.1 Å². The fourth-order valence-electron chi connectivity index (χ4n) is 3.03. The highest BCUT2D eigenvalue weighted by atomic mass is 32.1. The second kappa shape index (κ2) is 13.4. The third-order valence-corrected chi connectivity index (χ3v) is 4.98. The third-order valence-electron chi connectivity index (χ3n) is 4.61. The molecule has 0 saturated carbocycles. The van der Waals surface area contributed by atoms with Crippen LogP contribution in [0.25, 0.3) is 0 Å². The molecule has 0 aliphatic rings. The Morgan fingerprint density at radius 1 is 0.955 bits per heavy atom. The highest BCUT2D eigenvalue weighted by molar-refractivity contribution is 7.80. The minimum absolute atomic E-state index is 0.0824. The Morgan fingerprint density at radius 2 is 1.41 bits per heavy atom. The molecule has 2 atom stereocenters. The molecule has 0 aromatic heterocycles. The SMILES string of the molecule is CCCCCCCC(C)(CCCCCC)NC(CS)C(C)=O. The largest absolute Gasteiger partial charge is 0.302 e. The van der Waals surface area contributed by atoms with Crippen LogP contribution < -0.4 is 5.32 Å². The molecule has 132 valence electrons. The molecule has 0 bridgehead atoms. The summed E-state index contributed by atoms with van der Waals surface area (Å²) in [5.41, 5.74) is 0.0824. The van der Waals surface area contributed by atoms with Crippen LogP contribution in [0.5, 0.6) is 0 Å². The maximum absolute atomic E-state index is 11.7. The summed E-state index contributed by atoms with van der Waals surface area (Å²) in [5, 5.41) is 3.62. The Bertz CT molecular complexity index is 283. The molecule has 2 unspecified atom stereocenters. The summed E-state index contributed by atoms with van der Waals surface area (Å²) in [6.07, 6.45) is 14.0. The predicted octanol–water partition coefficient (Wildman–Crippen LogP) is 5.55. The number of Topliss-reactive ketones (excluding diaryl/α,β-unsaturated/α-hetero) is 1. The fraction of sp³-hybridized carbons (Fsp3) is 0.947. The Labute approximate surface area is 144 Å². The zero-order valence-electron chi connectivity index (χ0n) is 15.4. The van der Waals surface area contributed by atoms with Gasteiger partial charge < -0.3 is 5.32 Å². The van der Waals surface area contributed by atoms with Gasteiger partial charge in [0.15, 0.2) is 0 Å². The molecular formula is C19H39NOS. The van der Waals surface area contributed by atoms with E-state index in [9.17, 15) is 4.79 Å². The number of hydrogen-bond acceptors (Lipinski definition) is 3. The van der Waals surface area contributed by atoms with Gasteiger partial charge in [0.25, 0.3) is 0 Å². The maximum Gasteiger partial charge on any atom is 0.147 e. The van der Waals surface area contributed by atoms with Crippen LogP contribution in [0, 0.1) is 0 Å². The molecule has 2 nitrogen and oxygen atoms in total. The van der Waals surface area contributed by atoms with E-state index in [1.807, 2.05) is 0 Å². The Balaban J connectivity index is 4.41. The van der Waals surface area contributed by atoms with E-state index in [4.69, 9.17) is 0 Å². The third kappa shape index (κ3) is 10.7. The van der Waals surface area contributed by atoms with Crippen molar-refractivity contribution in [2.24, 2.45) is 0 Å². The molecule has 0 amide bonds. The monoisotopic (exact) mass is 329 g/mol. The molecule has 1 N–H and O–H groups in total. The lowest BCUT2D eigenvalue weighted by Gasteiger charge is -2.34. The quantitative estimate of drug-likeness (QED) is 0.304. The van der Waals surface area contributed by atoms with Crippen molar-refractivity contribution in [1.29, 1.82) is 0 Å². The summed E-state index contributed by atoms with van der Waals surface area (Å²) in [5.74, 6) is 0.802. The summed E-state index contributed by atoms with van der Waals surface area (Å²) in [6.45, 7) is 8.48. The van der Waals surface area contributed by atoms with Gasteiger partial charge in [0.2, 0.25) is 0 Å². The van der Waals surface area contributed by atoms with E-state index >= 15 is 0 Å². The van der Waals surface area contributed by atoms with Gasteiger partial charge in [-0.2, -0.15) is 12.6 Å². The van der Waals surface area contributed by atoms with E-state index in [2.05, 4.69) is 38.7 Å². The molecule has 0 spiro atoms. The van der Waals surface area contributed by atoms with Gasteiger partial charge in [-0.3, -0.25) is 4.79 Å². The first-order valence-electron chi connectivity index (χ1n) is 9.38. The summed E-state index contributed by atoms with van der Waals surface area (Å²) in [6, 6.07) is -0.102. The zero-order valence-corrected chi connectivity index (χ0v) is 16.3. The Morgan fingerprint density at radius 3 is 1.82 bits per heavy atom. The first kappa shape index (κ1) is 22.0. The lowest BCUT2D eigenvalue weighted by Crippen LogP contribution is -2.51. The predicted molar refractivity (Wildman–Crippen MR) is 102 cm³/mol. The van der Waals surface area contributed by atoms with E-state index in [1.54, 1.807) is 6.92 Å². The van der Waals surface area contributed by atoms with Gasteiger partial charge in [-0.15, -0.1) is 0 Å². The first-order valence-corrected chi connectivity index (χ1v) is 10.0. The van der Waals surface area contributed by atoms with Crippen molar-refractivity contribution in [2.45, 2.75) is 110 Å². The molecule has 0 saturated heterocycles. The lowest BCUT2D eigenvalue weighted by molar-refractivity contribution is -0.119. The van der Waals surface area contributed by atoms with Crippen LogP contribution in [0.2, 0.25) is 0 Å². The summed E-state index contributed by atoms with van der Waals surface area (Å²) in [4.78, 5) is 11.7. The molecule has 0 aromatic rings. The smallest absolute Gasteiger partial charge is 0.147 e. The highest BCUT2D eigenvalue weighted by Crippen LogP contribution is 2.24. The second-order valence-corrected chi connectivity index (χ2v) is 7.39. The number of unbranched alkanes of at least 4 members (excludes halogenated alkanes) is 7. The van der Waals surface area contributed by atoms with Gasteiger partial charge >= 0.3 is 0 Å². The van der Waals surface area contributed by atoms with E-state index in [0.717, 1.165) is 0 Å². The number of thiol groups is 1. The number of carbonyl (C=O) groups is 1. The van der Waals surface area contributed by atoms with Gasteiger partial charge in [0.05, 0.1) is 6.04 Å². The summed E-state index contributed by atoms with van der Waals surface area (Å²) < 4.78 is 0. The van der Waals surface area contributed by atoms with E-state index in [-0.39, 0.29) is 17.4 Å². The van der Waals surface area contributed by atoms with E-state index < -0.39 is 0 Å².